The molecule has 138 valence electrons. The van der Waals surface area contributed by atoms with Crippen molar-refractivity contribution >= 4 is 17.6 Å². The van der Waals surface area contributed by atoms with Crippen LogP contribution < -0.4 is 15.2 Å². The number of ether oxygens (including phenoxy) is 1. The molecule has 0 bridgehead atoms. The maximum absolute atomic E-state index is 12.7. The highest BCUT2D eigenvalue weighted by atomic mass is 19.4. The van der Waals surface area contributed by atoms with E-state index in [0.29, 0.717) is 0 Å². The summed E-state index contributed by atoms with van der Waals surface area (Å²) >= 11 is 0. The third-order valence-electron chi connectivity index (χ3n) is 3.34. The Morgan fingerprint density at radius 3 is 2.46 bits per heavy atom. The number of phenolic OH excluding ortho intramolecular Hbond substituents is 1. The van der Waals surface area contributed by atoms with E-state index in [2.05, 4.69) is 5.32 Å². The molecule has 9 heteroatoms. The van der Waals surface area contributed by atoms with Crippen LogP contribution in [0.2, 0.25) is 0 Å². The smallest absolute Gasteiger partial charge is 0.416 e. The monoisotopic (exact) mass is 368 g/mol. The van der Waals surface area contributed by atoms with Crippen LogP contribution in [-0.2, 0) is 17.5 Å². The van der Waals surface area contributed by atoms with Crippen molar-refractivity contribution < 1.29 is 37.7 Å². The lowest BCUT2D eigenvalue weighted by Crippen LogP contribution is -2.23. The van der Waals surface area contributed by atoms with Crippen LogP contribution in [0.1, 0.15) is 28.4 Å². The molecule has 26 heavy (non-hydrogen) atoms. The number of esters is 1. The number of nitrogens with one attached hydrogen (secondary N) is 1. The third-order valence-corrected chi connectivity index (χ3v) is 3.34. The number of halogens is 3. The van der Waals surface area contributed by atoms with Crippen molar-refractivity contribution in [3.05, 3.63) is 53.1 Å². The topological polar surface area (TPSA) is 98.7 Å². The van der Waals surface area contributed by atoms with Crippen molar-refractivity contribution in [2.45, 2.75) is 19.6 Å². The third kappa shape index (κ3) is 4.65. The minimum atomic E-state index is -4.55. The molecule has 0 atom stereocenters. The molecule has 0 saturated carbocycles. The summed E-state index contributed by atoms with van der Waals surface area (Å²) in [7, 11) is 0. The van der Waals surface area contributed by atoms with Gasteiger partial charge in [-0.05, 0) is 30.3 Å². The predicted molar refractivity (Wildman–Crippen MR) is 82.5 cm³/mol. The summed E-state index contributed by atoms with van der Waals surface area (Å²) < 4.78 is 43.0. The Balaban J connectivity index is 2.24. The van der Waals surface area contributed by atoms with E-state index in [4.69, 9.17) is 4.74 Å². The van der Waals surface area contributed by atoms with E-state index >= 15 is 0 Å². The number of rotatable bonds is 5. The second-order valence-electron chi connectivity index (χ2n) is 5.29. The summed E-state index contributed by atoms with van der Waals surface area (Å²) in [4.78, 5) is 22.1. The number of carboxylic acid groups (broad SMARTS) is 1. The quantitative estimate of drug-likeness (QED) is 0.621. The lowest BCUT2D eigenvalue weighted by atomic mass is 10.1. The van der Waals surface area contributed by atoms with Gasteiger partial charge in [0, 0.05) is 36.3 Å². The SMILES string of the molecule is CC(=O)Oc1cc(NCc2cc(C(F)(F)F)ccc2O)ccc1C(=O)[O-]. The summed E-state index contributed by atoms with van der Waals surface area (Å²) in [6.07, 6.45) is -4.55. The minimum absolute atomic E-state index is 0.0159. The zero-order valence-corrected chi connectivity index (χ0v) is 13.4. The maximum Gasteiger partial charge on any atom is 0.416 e. The average molecular weight is 368 g/mol. The molecule has 0 radical (unpaired) electrons. The molecule has 2 rings (SSSR count). The Bertz CT molecular complexity index is 849. The molecule has 2 N–H and O–H groups in total. The molecular formula is C17H13F3NO5-. The van der Waals surface area contributed by atoms with Gasteiger partial charge < -0.3 is 25.1 Å². The number of aromatic carboxylic acids is 1. The molecule has 0 aromatic heterocycles. The number of aromatic hydroxyl groups is 1. The zero-order chi connectivity index (χ0) is 19.5. The van der Waals surface area contributed by atoms with Crippen molar-refractivity contribution in [2.75, 3.05) is 5.32 Å². The molecule has 0 aliphatic carbocycles. The molecule has 0 saturated heterocycles. The molecule has 0 unspecified atom stereocenters. The fourth-order valence-electron chi connectivity index (χ4n) is 2.14. The molecule has 6 nitrogen and oxygen atoms in total. The molecule has 0 aliphatic rings. The summed E-state index contributed by atoms with van der Waals surface area (Å²) in [6.45, 7) is 0.903. The van der Waals surface area contributed by atoms with Crippen LogP contribution in [0, 0.1) is 0 Å². The summed E-state index contributed by atoms with van der Waals surface area (Å²) in [5.41, 5.74) is -1.02. The number of hydrogen-bond acceptors (Lipinski definition) is 6. The first kappa shape index (κ1) is 19.1. The lowest BCUT2D eigenvalue weighted by molar-refractivity contribution is -0.255. The van der Waals surface area contributed by atoms with E-state index in [0.717, 1.165) is 31.2 Å². The molecule has 2 aromatic carbocycles. The van der Waals surface area contributed by atoms with Gasteiger partial charge in [-0.15, -0.1) is 0 Å². The van der Waals surface area contributed by atoms with Crippen LogP contribution >= 0.6 is 0 Å². The Kier molecular flexibility index (Phi) is 5.39. The number of carbonyl (C=O) groups is 2. The van der Waals surface area contributed by atoms with Crippen molar-refractivity contribution in [3.63, 3.8) is 0 Å². The first-order valence-electron chi connectivity index (χ1n) is 7.24. The molecule has 2 aromatic rings. The standard InChI is InChI=1S/C17H14F3NO5/c1-9(22)26-15-7-12(3-4-13(15)16(24)25)21-8-10-6-11(17(18,19)20)2-5-14(10)23/h2-7,21,23H,8H2,1H3,(H,24,25)/p-1. The van der Waals surface area contributed by atoms with Gasteiger partial charge in [0.2, 0.25) is 0 Å². The van der Waals surface area contributed by atoms with E-state index in [1.54, 1.807) is 0 Å². The van der Waals surface area contributed by atoms with Crippen molar-refractivity contribution in [1.29, 1.82) is 0 Å². The number of benzene rings is 2. The maximum atomic E-state index is 12.7. The van der Waals surface area contributed by atoms with Gasteiger partial charge in [0.05, 0.1) is 11.5 Å². The molecule has 0 fully saturated rings. The molecule has 0 heterocycles. The number of carboxylic acids is 1. The van der Waals surface area contributed by atoms with Crippen LogP contribution in [-0.4, -0.2) is 17.0 Å². The Morgan fingerprint density at radius 2 is 1.88 bits per heavy atom. The Morgan fingerprint density at radius 1 is 1.19 bits per heavy atom. The molecule has 0 amide bonds. The van der Waals surface area contributed by atoms with E-state index < -0.39 is 23.7 Å². The summed E-state index contributed by atoms with van der Waals surface area (Å²) in [6, 6.07) is 6.13. The minimum Gasteiger partial charge on any atom is -0.545 e. The highest BCUT2D eigenvalue weighted by molar-refractivity contribution is 5.91. The average Bonchev–Trinajstić information content (AvgIpc) is 2.52. The number of alkyl halides is 3. The molecular weight excluding hydrogens is 355 g/mol. The Hall–Kier alpha value is -3.23. The van der Waals surface area contributed by atoms with Crippen molar-refractivity contribution in [3.8, 4) is 11.5 Å². The molecule has 0 aliphatic heterocycles. The largest absolute Gasteiger partial charge is 0.545 e. The van der Waals surface area contributed by atoms with E-state index in [1.165, 1.54) is 12.1 Å². The lowest BCUT2D eigenvalue weighted by Gasteiger charge is -2.14. The van der Waals surface area contributed by atoms with E-state index in [9.17, 15) is 33.0 Å². The number of anilines is 1. The normalized spacial score (nSPS) is 11.1. The van der Waals surface area contributed by atoms with Gasteiger partial charge in [0.1, 0.15) is 11.5 Å². The van der Waals surface area contributed by atoms with Crippen LogP contribution in [0.15, 0.2) is 36.4 Å². The first-order chi connectivity index (χ1) is 12.1. The first-order valence-corrected chi connectivity index (χ1v) is 7.24. The van der Waals surface area contributed by atoms with Crippen LogP contribution in [0.25, 0.3) is 0 Å². The summed E-state index contributed by atoms with van der Waals surface area (Å²) in [5, 5.41) is 23.4. The fraction of sp³-hybridized carbons (Fsp3) is 0.176. The zero-order valence-electron chi connectivity index (χ0n) is 13.4. The van der Waals surface area contributed by atoms with Gasteiger partial charge >= 0.3 is 12.1 Å². The number of carbonyl (C=O) groups excluding carboxylic acids is 2. The van der Waals surface area contributed by atoms with E-state index in [-0.39, 0.29) is 34.9 Å². The Labute approximate surface area is 145 Å². The van der Waals surface area contributed by atoms with Gasteiger partial charge in [0.15, 0.2) is 0 Å². The molecule has 0 spiro atoms. The summed E-state index contributed by atoms with van der Waals surface area (Å²) in [5.74, 6) is -2.91. The second-order valence-corrected chi connectivity index (χ2v) is 5.29. The predicted octanol–water partition coefficient (Wildman–Crippen LogP) is 2.31. The van der Waals surface area contributed by atoms with E-state index in [1.807, 2.05) is 0 Å². The van der Waals surface area contributed by atoms with Gasteiger partial charge in [-0.2, -0.15) is 13.2 Å². The highest BCUT2D eigenvalue weighted by Gasteiger charge is 2.30. The van der Waals surface area contributed by atoms with Crippen LogP contribution in [0.5, 0.6) is 11.5 Å². The fourth-order valence-corrected chi connectivity index (χ4v) is 2.14. The number of hydrogen-bond donors (Lipinski definition) is 2. The highest BCUT2D eigenvalue weighted by Crippen LogP contribution is 2.32. The van der Waals surface area contributed by atoms with Gasteiger partial charge in [-0.3, -0.25) is 4.79 Å². The van der Waals surface area contributed by atoms with Gasteiger partial charge in [0.25, 0.3) is 0 Å². The van der Waals surface area contributed by atoms with Crippen LogP contribution in [0.4, 0.5) is 18.9 Å². The van der Waals surface area contributed by atoms with Gasteiger partial charge in [-0.25, -0.2) is 0 Å². The second kappa shape index (κ2) is 7.34. The van der Waals surface area contributed by atoms with Crippen molar-refractivity contribution in [1.82, 2.24) is 0 Å². The van der Waals surface area contributed by atoms with Gasteiger partial charge in [-0.1, -0.05) is 0 Å². The van der Waals surface area contributed by atoms with Crippen molar-refractivity contribution in [2.24, 2.45) is 0 Å². The van der Waals surface area contributed by atoms with Crippen LogP contribution in [0.3, 0.4) is 0 Å². The number of phenols is 1.